The van der Waals surface area contributed by atoms with Crippen LogP contribution in [0.4, 0.5) is 0 Å². The Kier molecular flexibility index (Phi) is 4.95. The van der Waals surface area contributed by atoms with Gasteiger partial charge in [-0.2, -0.15) is 0 Å². The largest absolute Gasteiger partial charge is 0.452 e. The smallest absolute Gasteiger partial charge is 0.287 e. The lowest BCUT2D eigenvalue weighted by Crippen LogP contribution is -2.26. The van der Waals surface area contributed by atoms with E-state index in [-0.39, 0.29) is 11.7 Å². The Morgan fingerprint density at radius 1 is 1.05 bits per heavy atom. The normalized spacial score (nSPS) is 10.9. The van der Waals surface area contributed by atoms with Crippen LogP contribution in [-0.2, 0) is 4.79 Å². The zero-order chi connectivity index (χ0) is 14.2. The highest BCUT2D eigenvalue weighted by molar-refractivity contribution is 5.96. The summed E-state index contributed by atoms with van der Waals surface area (Å²) in [7, 11) is 0. The molecule has 1 amide bonds. The molecule has 3 heteroatoms. The number of benzene rings is 2. The summed E-state index contributed by atoms with van der Waals surface area (Å²) >= 11 is 0. The molecule has 1 N–H and O–H groups in total. The van der Waals surface area contributed by atoms with Gasteiger partial charge in [0, 0.05) is 6.54 Å². The molecule has 20 heavy (non-hydrogen) atoms. The summed E-state index contributed by atoms with van der Waals surface area (Å²) in [5, 5.41) is 2.75. The topological polar surface area (TPSA) is 38.3 Å². The molecule has 0 aromatic heterocycles. The number of hydrogen-bond donors (Lipinski definition) is 1. The zero-order valence-corrected chi connectivity index (χ0v) is 11.4. The quantitative estimate of drug-likeness (QED) is 0.667. The minimum absolute atomic E-state index is 0.222. The van der Waals surface area contributed by atoms with Gasteiger partial charge in [0.05, 0.1) is 0 Å². The zero-order valence-electron chi connectivity index (χ0n) is 11.4. The summed E-state index contributed by atoms with van der Waals surface area (Å²) in [6.07, 6.45) is 1.73. The third kappa shape index (κ3) is 3.99. The number of amides is 1. The van der Waals surface area contributed by atoms with Crippen molar-refractivity contribution in [3.63, 3.8) is 0 Å². The van der Waals surface area contributed by atoms with E-state index in [1.54, 1.807) is 6.08 Å². The van der Waals surface area contributed by atoms with E-state index in [0.29, 0.717) is 12.3 Å². The predicted molar refractivity (Wildman–Crippen MR) is 80.2 cm³/mol. The molecule has 0 spiro atoms. The first-order chi connectivity index (χ1) is 9.79. The molecule has 102 valence electrons. The van der Waals surface area contributed by atoms with Crippen LogP contribution in [0.3, 0.4) is 0 Å². The molecular formula is C17H17NO2. The van der Waals surface area contributed by atoms with E-state index < -0.39 is 0 Å². The molecule has 0 atom stereocenters. The molecule has 0 aliphatic rings. The van der Waals surface area contributed by atoms with Gasteiger partial charge in [0.2, 0.25) is 0 Å². The van der Waals surface area contributed by atoms with Gasteiger partial charge < -0.3 is 10.1 Å². The summed E-state index contributed by atoms with van der Waals surface area (Å²) in [5.74, 6) is 0.699. The van der Waals surface area contributed by atoms with Gasteiger partial charge in [-0.3, -0.25) is 4.79 Å². The highest BCUT2D eigenvalue weighted by Crippen LogP contribution is 2.15. The van der Waals surface area contributed by atoms with Gasteiger partial charge in [0.15, 0.2) is 5.76 Å². The number of nitrogens with one attached hydrogen (secondary N) is 1. The molecule has 2 aromatic rings. The fourth-order valence-electron chi connectivity index (χ4n) is 1.71. The van der Waals surface area contributed by atoms with Crippen LogP contribution in [0.5, 0.6) is 5.75 Å². The Balaban J connectivity index is 2.25. The maximum Gasteiger partial charge on any atom is 0.287 e. The number of rotatable bonds is 5. The first-order valence-electron chi connectivity index (χ1n) is 6.57. The first-order valence-corrected chi connectivity index (χ1v) is 6.57. The molecule has 0 aliphatic heterocycles. The molecule has 0 unspecified atom stereocenters. The summed E-state index contributed by atoms with van der Waals surface area (Å²) in [6, 6.07) is 18.9. The van der Waals surface area contributed by atoms with Crippen LogP contribution in [-0.4, -0.2) is 12.5 Å². The van der Waals surface area contributed by atoms with Crippen molar-refractivity contribution in [1.29, 1.82) is 0 Å². The molecule has 2 aromatic carbocycles. The average Bonchev–Trinajstić information content (AvgIpc) is 2.49. The van der Waals surface area contributed by atoms with Crippen molar-refractivity contribution >= 4 is 12.0 Å². The Hall–Kier alpha value is -2.55. The second-order valence-corrected chi connectivity index (χ2v) is 4.19. The van der Waals surface area contributed by atoms with E-state index in [9.17, 15) is 4.79 Å². The van der Waals surface area contributed by atoms with Crippen molar-refractivity contribution in [3.05, 3.63) is 72.0 Å². The minimum Gasteiger partial charge on any atom is -0.452 e. The van der Waals surface area contributed by atoms with Crippen LogP contribution in [0.1, 0.15) is 12.5 Å². The second kappa shape index (κ2) is 7.14. The third-order valence-corrected chi connectivity index (χ3v) is 2.63. The molecule has 0 bridgehead atoms. The van der Waals surface area contributed by atoms with Gasteiger partial charge >= 0.3 is 0 Å². The highest BCUT2D eigenvalue weighted by atomic mass is 16.5. The Labute approximate surface area is 118 Å². The van der Waals surface area contributed by atoms with E-state index in [1.807, 2.05) is 67.6 Å². The highest BCUT2D eigenvalue weighted by Gasteiger charge is 2.11. The standard InChI is InChI=1S/C17H17NO2/c1-2-18-17(19)16(13-14-9-5-3-6-10-14)20-15-11-7-4-8-12-15/h3-13H,2H2,1H3,(H,18,19). The minimum atomic E-state index is -0.222. The molecule has 0 aliphatic carbocycles. The van der Waals surface area contributed by atoms with Crippen molar-refractivity contribution in [3.8, 4) is 5.75 Å². The number of carbonyl (C=O) groups excluding carboxylic acids is 1. The summed E-state index contributed by atoms with van der Waals surface area (Å²) < 4.78 is 5.68. The molecular weight excluding hydrogens is 250 g/mol. The van der Waals surface area contributed by atoms with Crippen molar-refractivity contribution in [1.82, 2.24) is 5.32 Å². The van der Waals surface area contributed by atoms with Crippen molar-refractivity contribution in [2.24, 2.45) is 0 Å². The molecule has 0 fully saturated rings. The van der Waals surface area contributed by atoms with Crippen molar-refractivity contribution in [2.75, 3.05) is 6.54 Å². The molecule has 0 heterocycles. The van der Waals surface area contributed by atoms with Crippen LogP contribution < -0.4 is 10.1 Å². The lowest BCUT2D eigenvalue weighted by molar-refractivity contribution is -0.119. The van der Waals surface area contributed by atoms with Gasteiger partial charge in [0.1, 0.15) is 5.75 Å². The first kappa shape index (κ1) is 13.9. The number of para-hydroxylation sites is 1. The lowest BCUT2D eigenvalue weighted by atomic mass is 10.2. The van der Waals surface area contributed by atoms with Crippen LogP contribution in [0, 0.1) is 0 Å². The molecule has 0 saturated carbocycles. The number of carbonyl (C=O) groups is 1. The predicted octanol–water partition coefficient (Wildman–Crippen LogP) is 3.24. The molecule has 0 radical (unpaired) electrons. The van der Waals surface area contributed by atoms with E-state index in [4.69, 9.17) is 4.74 Å². The fourth-order valence-corrected chi connectivity index (χ4v) is 1.71. The second-order valence-electron chi connectivity index (χ2n) is 4.19. The maximum absolute atomic E-state index is 12.0. The van der Waals surface area contributed by atoms with Crippen LogP contribution >= 0.6 is 0 Å². The van der Waals surface area contributed by atoms with Gasteiger partial charge in [-0.15, -0.1) is 0 Å². The summed E-state index contributed by atoms with van der Waals surface area (Å²) in [5.41, 5.74) is 0.921. The van der Waals surface area contributed by atoms with E-state index in [2.05, 4.69) is 5.32 Å². The van der Waals surface area contributed by atoms with Crippen molar-refractivity contribution in [2.45, 2.75) is 6.92 Å². The van der Waals surface area contributed by atoms with Crippen molar-refractivity contribution < 1.29 is 9.53 Å². The van der Waals surface area contributed by atoms with Crippen LogP contribution in [0.25, 0.3) is 6.08 Å². The van der Waals surface area contributed by atoms with Crippen LogP contribution in [0.2, 0.25) is 0 Å². The molecule has 2 rings (SSSR count). The van der Waals surface area contributed by atoms with E-state index >= 15 is 0 Å². The van der Waals surface area contributed by atoms with Gasteiger partial charge in [-0.25, -0.2) is 0 Å². The van der Waals surface area contributed by atoms with E-state index in [0.717, 1.165) is 5.56 Å². The SMILES string of the molecule is CCNC(=O)C(=Cc1ccccc1)Oc1ccccc1. The van der Waals surface area contributed by atoms with Gasteiger partial charge in [-0.1, -0.05) is 48.5 Å². The Bertz CT molecular complexity index is 576. The number of hydrogen-bond acceptors (Lipinski definition) is 2. The fraction of sp³-hybridized carbons (Fsp3) is 0.118. The van der Waals surface area contributed by atoms with E-state index in [1.165, 1.54) is 0 Å². The molecule has 0 saturated heterocycles. The van der Waals surface area contributed by atoms with Gasteiger partial charge in [-0.05, 0) is 30.7 Å². The summed E-state index contributed by atoms with van der Waals surface area (Å²) in [6.45, 7) is 2.43. The Morgan fingerprint density at radius 2 is 1.65 bits per heavy atom. The Morgan fingerprint density at radius 3 is 2.25 bits per heavy atom. The maximum atomic E-state index is 12.0. The number of likely N-dealkylation sites (N-methyl/N-ethyl adjacent to an activating group) is 1. The summed E-state index contributed by atoms with van der Waals surface area (Å²) in [4.78, 5) is 12.0. The molecule has 3 nitrogen and oxygen atoms in total. The lowest BCUT2D eigenvalue weighted by Gasteiger charge is -2.10. The van der Waals surface area contributed by atoms with Gasteiger partial charge in [0.25, 0.3) is 5.91 Å². The average molecular weight is 267 g/mol. The monoisotopic (exact) mass is 267 g/mol. The third-order valence-electron chi connectivity index (χ3n) is 2.63. The van der Waals surface area contributed by atoms with Crippen LogP contribution in [0.15, 0.2) is 66.4 Å². The number of ether oxygens (including phenoxy) is 1.